The van der Waals surface area contributed by atoms with Gasteiger partial charge in [-0.15, -0.1) is 0 Å². The molecule has 0 spiro atoms. The molecular formula is C13H11F4NS. The maximum absolute atomic E-state index is 14.0. The molecule has 0 saturated heterocycles. The molecule has 0 bridgehead atoms. The molecule has 19 heavy (non-hydrogen) atoms. The van der Waals surface area contributed by atoms with Crippen LogP contribution in [0.2, 0.25) is 0 Å². The van der Waals surface area contributed by atoms with Crippen molar-refractivity contribution < 1.29 is 17.6 Å². The van der Waals surface area contributed by atoms with Gasteiger partial charge >= 0.3 is 6.18 Å². The summed E-state index contributed by atoms with van der Waals surface area (Å²) in [6, 6.07) is 3.34. The van der Waals surface area contributed by atoms with Crippen LogP contribution in [0.15, 0.2) is 30.0 Å². The Kier molecular flexibility index (Phi) is 3.62. The van der Waals surface area contributed by atoms with E-state index >= 15 is 0 Å². The SMILES string of the molecule is CC(C1=CNC(=S)C1)c1cccc(C(F)(F)F)c1F. The summed E-state index contributed by atoms with van der Waals surface area (Å²) < 4.78 is 51.9. The van der Waals surface area contributed by atoms with Crippen molar-refractivity contribution in [3.63, 3.8) is 0 Å². The topological polar surface area (TPSA) is 12.0 Å². The monoisotopic (exact) mass is 289 g/mol. The van der Waals surface area contributed by atoms with Crippen molar-refractivity contribution in [2.24, 2.45) is 0 Å². The van der Waals surface area contributed by atoms with E-state index in [1.807, 2.05) is 0 Å². The molecule has 0 aliphatic carbocycles. The van der Waals surface area contributed by atoms with E-state index in [2.05, 4.69) is 5.32 Å². The molecule has 1 aromatic rings. The molecule has 102 valence electrons. The Bertz CT molecular complexity index is 548. The number of rotatable bonds is 2. The third kappa shape index (κ3) is 2.78. The summed E-state index contributed by atoms with van der Waals surface area (Å²) in [6.07, 6.45) is -2.60. The molecule has 0 amide bonds. The second-order valence-corrected chi connectivity index (χ2v) is 4.88. The second kappa shape index (κ2) is 4.92. The minimum Gasteiger partial charge on any atom is -0.356 e. The maximum Gasteiger partial charge on any atom is 0.419 e. The zero-order valence-corrected chi connectivity index (χ0v) is 10.8. The van der Waals surface area contributed by atoms with Crippen LogP contribution in [0.4, 0.5) is 17.6 Å². The first-order valence-corrected chi connectivity index (χ1v) is 6.05. The minimum atomic E-state index is -4.68. The third-order valence-corrected chi connectivity index (χ3v) is 3.40. The first kappa shape index (κ1) is 14.0. The van der Waals surface area contributed by atoms with E-state index < -0.39 is 23.5 Å². The summed E-state index contributed by atoms with van der Waals surface area (Å²) >= 11 is 4.95. The summed E-state index contributed by atoms with van der Waals surface area (Å²) in [6.45, 7) is 1.67. The van der Waals surface area contributed by atoms with Gasteiger partial charge in [0.1, 0.15) is 5.82 Å². The number of nitrogens with one attached hydrogen (secondary N) is 1. The highest BCUT2D eigenvalue weighted by Crippen LogP contribution is 2.36. The van der Waals surface area contributed by atoms with Crippen LogP contribution in [0.25, 0.3) is 0 Å². The fourth-order valence-corrected chi connectivity index (χ4v) is 2.27. The summed E-state index contributed by atoms with van der Waals surface area (Å²) in [4.78, 5) is 0.592. The number of halogens is 4. The van der Waals surface area contributed by atoms with Gasteiger partial charge in [-0.3, -0.25) is 0 Å². The van der Waals surface area contributed by atoms with Crippen LogP contribution in [-0.2, 0) is 6.18 Å². The Morgan fingerprint density at radius 1 is 1.32 bits per heavy atom. The highest BCUT2D eigenvalue weighted by atomic mass is 32.1. The lowest BCUT2D eigenvalue weighted by atomic mass is 9.90. The lowest BCUT2D eigenvalue weighted by Crippen LogP contribution is -2.11. The molecule has 0 radical (unpaired) electrons. The Morgan fingerprint density at radius 2 is 2.00 bits per heavy atom. The molecule has 0 fully saturated rings. The van der Waals surface area contributed by atoms with Gasteiger partial charge in [0.05, 0.1) is 10.6 Å². The van der Waals surface area contributed by atoms with Crippen molar-refractivity contribution in [1.29, 1.82) is 0 Å². The molecule has 0 saturated carbocycles. The van der Waals surface area contributed by atoms with Crippen LogP contribution in [0.1, 0.15) is 30.4 Å². The van der Waals surface area contributed by atoms with Crippen molar-refractivity contribution in [1.82, 2.24) is 5.32 Å². The minimum absolute atomic E-state index is 0.0348. The summed E-state index contributed by atoms with van der Waals surface area (Å²) in [5.74, 6) is -1.66. The molecule has 2 rings (SSSR count). The Balaban J connectivity index is 2.38. The lowest BCUT2D eigenvalue weighted by molar-refractivity contribution is -0.140. The van der Waals surface area contributed by atoms with Gasteiger partial charge in [-0.2, -0.15) is 13.2 Å². The van der Waals surface area contributed by atoms with Crippen LogP contribution < -0.4 is 5.32 Å². The molecule has 1 heterocycles. The van der Waals surface area contributed by atoms with Crippen molar-refractivity contribution in [3.05, 3.63) is 46.9 Å². The van der Waals surface area contributed by atoms with E-state index in [0.29, 0.717) is 11.4 Å². The molecule has 1 unspecified atom stereocenters. The van der Waals surface area contributed by atoms with Crippen molar-refractivity contribution in [3.8, 4) is 0 Å². The lowest BCUT2D eigenvalue weighted by Gasteiger charge is -2.16. The van der Waals surface area contributed by atoms with E-state index in [1.165, 1.54) is 12.1 Å². The zero-order chi connectivity index (χ0) is 14.2. The van der Waals surface area contributed by atoms with E-state index in [-0.39, 0.29) is 5.56 Å². The summed E-state index contributed by atoms with van der Waals surface area (Å²) in [5.41, 5.74) is -0.415. The van der Waals surface area contributed by atoms with Crippen LogP contribution in [0.5, 0.6) is 0 Å². The van der Waals surface area contributed by atoms with Gasteiger partial charge in [0.2, 0.25) is 0 Å². The van der Waals surface area contributed by atoms with Gasteiger partial charge < -0.3 is 5.32 Å². The van der Waals surface area contributed by atoms with Crippen molar-refractivity contribution in [2.75, 3.05) is 0 Å². The zero-order valence-electron chi connectivity index (χ0n) is 10.0. The van der Waals surface area contributed by atoms with Gasteiger partial charge in [0.15, 0.2) is 0 Å². The number of benzene rings is 1. The number of hydrogen-bond donors (Lipinski definition) is 1. The molecular weight excluding hydrogens is 278 g/mol. The average molecular weight is 289 g/mol. The van der Waals surface area contributed by atoms with E-state index in [0.717, 1.165) is 11.6 Å². The largest absolute Gasteiger partial charge is 0.419 e. The fourth-order valence-electron chi connectivity index (χ4n) is 2.04. The average Bonchev–Trinajstić information content (AvgIpc) is 2.74. The molecule has 1 aliphatic heterocycles. The van der Waals surface area contributed by atoms with Crippen LogP contribution in [0.3, 0.4) is 0 Å². The van der Waals surface area contributed by atoms with Crippen LogP contribution in [0, 0.1) is 5.82 Å². The van der Waals surface area contributed by atoms with Gasteiger partial charge in [-0.25, -0.2) is 4.39 Å². The standard InChI is InChI=1S/C13H11F4NS/c1-7(8-5-11(19)18-6-8)9-3-2-4-10(12(9)14)13(15,16)17/h2-4,6-7H,5H2,1H3,(H,18,19). The Labute approximate surface area is 113 Å². The van der Waals surface area contributed by atoms with Crippen molar-refractivity contribution in [2.45, 2.75) is 25.4 Å². The number of alkyl halides is 3. The highest BCUT2D eigenvalue weighted by molar-refractivity contribution is 7.80. The number of thiocarbonyl (C=S) groups is 1. The normalized spacial score (nSPS) is 17.1. The van der Waals surface area contributed by atoms with E-state index in [4.69, 9.17) is 12.2 Å². The first-order chi connectivity index (χ1) is 8.80. The van der Waals surface area contributed by atoms with Gasteiger partial charge in [-0.05, 0) is 17.2 Å². The molecule has 0 aromatic heterocycles. The third-order valence-electron chi connectivity index (χ3n) is 3.14. The quantitative estimate of drug-likeness (QED) is 0.648. The first-order valence-electron chi connectivity index (χ1n) is 5.64. The molecule has 1 aliphatic rings. The fraction of sp³-hybridized carbons (Fsp3) is 0.308. The molecule has 1 N–H and O–H groups in total. The predicted molar refractivity (Wildman–Crippen MR) is 68.3 cm³/mol. The number of hydrogen-bond acceptors (Lipinski definition) is 1. The molecule has 1 atom stereocenters. The molecule has 6 heteroatoms. The van der Waals surface area contributed by atoms with Crippen molar-refractivity contribution >= 4 is 17.2 Å². The van der Waals surface area contributed by atoms with Crippen LogP contribution >= 0.6 is 12.2 Å². The van der Waals surface area contributed by atoms with Gasteiger partial charge in [0, 0.05) is 18.5 Å². The molecule has 1 nitrogen and oxygen atoms in total. The van der Waals surface area contributed by atoms with Gasteiger partial charge in [0.25, 0.3) is 0 Å². The van der Waals surface area contributed by atoms with Gasteiger partial charge in [-0.1, -0.05) is 31.3 Å². The maximum atomic E-state index is 14.0. The predicted octanol–water partition coefficient (Wildman–Crippen LogP) is 4.15. The Morgan fingerprint density at radius 3 is 2.53 bits per heavy atom. The molecule has 1 aromatic carbocycles. The summed E-state index contributed by atoms with van der Waals surface area (Å²) in [5, 5.41) is 2.81. The van der Waals surface area contributed by atoms with E-state index in [1.54, 1.807) is 13.1 Å². The van der Waals surface area contributed by atoms with E-state index in [9.17, 15) is 17.6 Å². The second-order valence-electron chi connectivity index (χ2n) is 4.39. The Hall–Kier alpha value is -1.43. The summed E-state index contributed by atoms with van der Waals surface area (Å²) in [7, 11) is 0. The van der Waals surface area contributed by atoms with Crippen LogP contribution in [-0.4, -0.2) is 4.99 Å². The highest BCUT2D eigenvalue weighted by Gasteiger charge is 2.35. The smallest absolute Gasteiger partial charge is 0.356 e.